The van der Waals surface area contributed by atoms with Gasteiger partial charge in [0.25, 0.3) is 5.78 Å². The smallest absolute Gasteiger partial charge is 0.252 e. The predicted molar refractivity (Wildman–Crippen MR) is 91.0 cm³/mol. The van der Waals surface area contributed by atoms with Crippen molar-refractivity contribution in [2.24, 2.45) is 0 Å². The Kier molecular flexibility index (Phi) is 4.86. The van der Waals surface area contributed by atoms with Crippen LogP contribution >= 0.6 is 11.3 Å². The van der Waals surface area contributed by atoms with Gasteiger partial charge in [0, 0.05) is 29.9 Å². The maximum atomic E-state index is 12.2. The first-order valence-electron chi connectivity index (χ1n) is 7.59. The molecular weight excluding hydrogens is 326 g/mol. The molecule has 0 bridgehead atoms. The van der Waals surface area contributed by atoms with Crippen molar-refractivity contribution < 1.29 is 9.53 Å². The Morgan fingerprint density at radius 2 is 2.25 bits per heavy atom. The summed E-state index contributed by atoms with van der Waals surface area (Å²) < 4.78 is 7.07. The highest BCUT2D eigenvalue weighted by Gasteiger charge is 2.15. The van der Waals surface area contributed by atoms with E-state index in [4.69, 9.17) is 4.74 Å². The molecule has 126 valence electrons. The zero-order chi connectivity index (χ0) is 17.1. The largest absolute Gasteiger partial charge is 0.374 e. The van der Waals surface area contributed by atoms with Gasteiger partial charge in [0.05, 0.1) is 6.42 Å². The van der Waals surface area contributed by atoms with Gasteiger partial charge in [0.1, 0.15) is 6.10 Å². The van der Waals surface area contributed by atoms with E-state index in [0.717, 1.165) is 16.3 Å². The van der Waals surface area contributed by atoms with Crippen molar-refractivity contribution in [3.63, 3.8) is 0 Å². The molecule has 3 rings (SSSR count). The van der Waals surface area contributed by atoms with Crippen LogP contribution in [0.25, 0.3) is 5.78 Å². The maximum Gasteiger partial charge on any atom is 0.252 e. The van der Waals surface area contributed by atoms with E-state index in [9.17, 15) is 4.79 Å². The summed E-state index contributed by atoms with van der Waals surface area (Å²) in [6.45, 7) is 4.26. The lowest BCUT2D eigenvalue weighted by Crippen LogP contribution is -2.30. The molecule has 0 aliphatic carbocycles. The van der Waals surface area contributed by atoms with Gasteiger partial charge in [-0.2, -0.15) is 4.98 Å². The Labute approximate surface area is 143 Å². The number of fused-ring (bicyclic) bond motifs is 1. The first-order valence-corrected chi connectivity index (χ1v) is 8.47. The lowest BCUT2D eigenvalue weighted by Gasteiger charge is -2.14. The Morgan fingerprint density at radius 3 is 2.96 bits per heavy atom. The van der Waals surface area contributed by atoms with Crippen LogP contribution in [-0.4, -0.2) is 39.1 Å². The monoisotopic (exact) mass is 345 g/mol. The number of methoxy groups -OCH3 is 1. The molecule has 3 aromatic heterocycles. The Balaban J connectivity index is 1.63. The second-order valence-corrected chi connectivity index (χ2v) is 6.48. The number of aromatic nitrogens is 4. The molecule has 7 nitrogen and oxygen atoms in total. The van der Waals surface area contributed by atoms with Crippen molar-refractivity contribution in [1.29, 1.82) is 0 Å². The fraction of sp³-hybridized carbons (Fsp3) is 0.375. The molecule has 3 aromatic rings. The fourth-order valence-corrected chi connectivity index (χ4v) is 3.27. The second kappa shape index (κ2) is 7.06. The van der Waals surface area contributed by atoms with Crippen LogP contribution in [0.1, 0.15) is 28.2 Å². The molecule has 24 heavy (non-hydrogen) atoms. The quantitative estimate of drug-likeness (QED) is 0.737. The molecule has 1 atom stereocenters. The van der Waals surface area contributed by atoms with E-state index >= 15 is 0 Å². The van der Waals surface area contributed by atoms with Gasteiger partial charge in [0.15, 0.2) is 5.82 Å². The van der Waals surface area contributed by atoms with E-state index in [0.29, 0.717) is 18.1 Å². The normalized spacial score (nSPS) is 12.5. The third-order valence-electron chi connectivity index (χ3n) is 3.61. The van der Waals surface area contributed by atoms with Gasteiger partial charge in [0.2, 0.25) is 5.91 Å². The number of carbonyl (C=O) groups excluding carboxylic acids is 1. The van der Waals surface area contributed by atoms with Crippen molar-refractivity contribution in [1.82, 2.24) is 24.9 Å². The van der Waals surface area contributed by atoms with E-state index in [1.165, 1.54) is 0 Å². The summed E-state index contributed by atoms with van der Waals surface area (Å²) in [5.74, 6) is 0.835. The van der Waals surface area contributed by atoms with Crippen LogP contribution in [0.3, 0.4) is 0 Å². The minimum atomic E-state index is -0.144. The number of ether oxygens (including phenoxy) is 1. The highest BCUT2D eigenvalue weighted by atomic mass is 32.1. The number of aryl methyl sites for hydroxylation is 2. The van der Waals surface area contributed by atoms with Crippen LogP contribution in [0.5, 0.6) is 0 Å². The van der Waals surface area contributed by atoms with Crippen molar-refractivity contribution in [2.45, 2.75) is 26.4 Å². The summed E-state index contributed by atoms with van der Waals surface area (Å²) in [5.41, 5.74) is 1.82. The van der Waals surface area contributed by atoms with E-state index in [1.54, 1.807) is 23.0 Å². The second-order valence-electron chi connectivity index (χ2n) is 5.50. The minimum absolute atomic E-state index is 0.114. The molecule has 0 fully saturated rings. The fourth-order valence-electron chi connectivity index (χ4n) is 2.47. The Morgan fingerprint density at radius 1 is 1.42 bits per heavy atom. The van der Waals surface area contributed by atoms with Gasteiger partial charge in [-0.05, 0) is 31.4 Å². The van der Waals surface area contributed by atoms with Gasteiger partial charge >= 0.3 is 0 Å². The minimum Gasteiger partial charge on any atom is -0.374 e. The Bertz CT molecular complexity index is 844. The zero-order valence-electron chi connectivity index (χ0n) is 13.8. The number of nitrogens with zero attached hydrogens (tertiary/aromatic N) is 4. The molecule has 1 amide bonds. The number of hydrogen-bond donors (Lipinski definition) is 1. The van der Waals surface area contributed by atoms with Gasteiger partial charge in [-0.3, -0.25) is 4.79 Å². The van der Waals surface area contributed by atoms with Gasteiger partial charge in [-0.1, -0.05) is 6.07 Å². The lowest BCUT2D eigenvalue weighted by molar-refractivity contribution is -0.121. The molecule has 0 aliphatic rings. The molecule has 0 saturated heterocycles. The molecule has 0 aromatic carbocycles. The predicted octanol–water partition coefficient (Wildman–Crippen LogP) is 1.85. The molecule has 8 heteroatoms. The van der Waals surface area contributed by atoms with Crippen LogP contribution in [0, 0.1) is 13.8 Å². The molecule has 0 saturated carbocycles. The Hall–Kier alpha value is -2.32. The molecule has 0 aliphatic heterocycles. The maximum absolute atomic E-state index is 12.2. The molecule has 1 N–H and O–H groups in total. The highest BCUT2D eigenvalue weighted by molar-refractivity contribution is 7.10. The van der Waals surface area contributed by atoms with Crippen molar-refractivity contribution in [3.8, 4) is 0 Å². The molecule has 0 radical (unpaired) electrons. The van der Waals surface area contributed by atoms with Crippen LogP contribution in [0.2, 0.25) is 0 Å². The summed E-state index contributed by atoms with van der Waals surface area (Å²) in [5, 5.41) is 9.20. The number of thiophene rings is 1. The summed E-state index contributed by atoms with van der Waals surface area (Å²) in [4.78, 5) is 21.9. The van der Waals surface area contributed by atoms with Gasteiger partial charge < -0.3 is 10.1 Å². The van der Waals surface area contributed by atoms with E-state index in [1.807, 2.05) is 37.4 Å². The van der Waals surface area contributed by atoms with Crippen LogP contribution in [0.4, 0.5) is 0 Å². The van der Waals surface area contributed by atoms with E-state index in [2.05, 4.69) is 20.4 Å². The topological polar surface area (TPSA) is 81.4 Å². The SMILES string of the molecule is COC(CNC(=O)Cc1nc2nc(C)cc(C)n2n1)c1cccs1. The third kappa shape index (κ3) is 3.60. The zero-order valence-corrected chi connectivity index (χ0v) is 14.6. The summed E-state index contributed by atoms with van der Waals surface area (Å²) in [6.07, 6.45) is -0.0301. The van der Waals surface area contributed by atoms with Crippen LogP contribution in [0.15, 0.2) is 23.6 Å². The average Bonchev–Trinajstić information content (AvgIpc) is 3.17. The van der Waals surface area contributed by atoms with Crippen molar-refractivity contribution in [2.75, 3.05) is 13.7 Å². The molecule has 0 spiro atoms. The first-order chi connectivity index (χ1) is 11.6. The summed E-state index contributed by atoms with van der Waals surface area (Å²) in [7, 11) is 1.64. The molecule has 3 heterocycles. The summed E-state index contributed by atoms with van der Waals surface area (Å²) >= 11 is 1.60. The van der Waals surface area contributed by atoms with Gasteiger partial charge in [-0.15, -0.1) is 16.4 Å². The number of nitrogens with one attached hydrogen (secondary N) is 1. The first kappa shape index (κ1) is 16.5. The van der Waals surface area contributed by atoms with Crippen LogP contribution < -0.4 is 5.32 Å². The highest BCUT2D eigenvalue weighted by Crippen LogP contribution is 2.20. The van der Waals surface area contributed by atoms with E-state index in [-0.39, 0.29) is 18.4 Å². The summed E-state index contributed by atoms with van der Waals surface area (Å²) in [6, 6.07) is 5.88. The van der Waals surface area contributed by atoms with Crippen molar-refractivity contribution >= 4 is 23.0 Å². The van der Waals surface area contributed by atoms with Gasteiger partial charge in [-0.25, -0.2) is 9.50 Å². The van der Waals surface area contributed by atoms with Crippen LogP contribution in [-0.2, 0) is 16.0 Å². The van der Waals surface area contributed by atoms with Crippen molar-refractivity contribution in [3.05, 3.63) is 45.7 Å². The number of hydrogen-bond acceptors (Lipinski definition) is 6. The van der Waals surface area contributed by atoms with E-state index < -0.39 is 0 Å². The molecule has 1 unspecified atom stereocenters. The number of rotatable bonds is 6. The number of amides is 1. The number of carbonyl (C=O) groups is 1. The average molecular weight is 345 g/mol. The standard InChI is InChI=1S/C16H19N5O2S/c1-10-7-11(2)21-16(18-10)19-14(20-21)8-15(22)17-9-12(23-3)13-5-4-6-24-13/h4-7,12H,8-9H2,1-3H3,(H,17,22). The lowest BCUT2D eigenvalue weighted by atomic mass is 10.3. The third-order valence-corrected chi connectivity index (χ3v) is 4.57. The molecular formula is C16H19N5O2S.